The highest BCUT2D eigenvalue weighted by molar-refractivity contribution is 5.98. The fourth-order valence-electron chi connectivity index (χ4n) is 5.83. The molecule has 0 spiro atoms. The van der Waals surface area contributed by atoms with Gasteiger partial charge in [0.1, 0.15) is 0 Å². The van der Waals surface area contributed by atoms with Crippen molar-refractivity contribution in [2.45, 2.75) is 57.9 Å². The summed E-state index contributed by atoms with van der Waals surface area (Å²) in [6.07, 6.45) is 4.19. The predicted octanol–water partition coefficient (Wildman–Crippen LogP) is 4.59. The molecule has 1 heterocycles. The molecule has 0 aromatic heterocycles. The number of piperidine rings is 1. The van der Waals surface area contributed by atoms with Crippen LogP contribution in [0.15, 0.2) is 48.5 Å². The molecule has 2 aliphatic rings. The van der Waals surface area contributed by atoms with Crippen molar-refractivity contribution in [3.05, 3.63) is 70.8 Å². The lowest BCUT2D eigenvalue weighted by Crippen LogP contribution is -2.54. The number of amides is 2. The van der Waals surface area contributed by atoms with Crippen LogP contribution in [0, 0.1) is 22.7 Å². The third-order valence-corrected chi connectivity index (χ3v) is 7.75. The summed E-state index contributed by atoms with van der Waals surface area (Å²) in [5.41, 5.74) is 2.05. The fourth-order valence-corrected chi connectivity index (χ4v) is 5.83. The zero-order valence-electron chi connectivity index (χ0n) is 20.9. The van der Waals surface area contributed by atoms with Crippen LogP contribution in [0.25, 0.3) is 0 Å². The largest absolute Gasteiger partial charge is 0.478 e. The maximum Gasteiger partial charge on any atom is 0.335 e. The van der Waals surface area contributed by atoms with Gasteiger partial charge in [-0.1, -0.05) is 44.9 Å². The Bertz CT molecular complexity index is 1180. The first-order chi connectivity index (χ1) is 17.2. The highest BCUT2D eigenvalue weighted by Gasteiger charge is 2.42. The minimum atomic E-state index is -1.08. The van der Waals surface area contributed by atoms with E-state index < -0.39 is 5.97 Å². The van der Waals surface area contributed by atoms with Gasteiger partial charge in [0.2, 0.25) is 5.91 Å². The summed E-state index contributed by atoms with van der Waals surface area (Å²) < 4.78 is 0. The molecule has 1 aliphatic carbocycles. The molecule has 2 N–H and O–H groups in total. The van der Waals surface area contributed by atoms with E-state index in [0.717, 1.165) is 32.1 Å². The molecule has 188 valence electrons. The molecular formula is C29H33N3O4. The van der Waals surface area contributed by atoms with Gasteiger partial charge >= 0.3 is 5.97 Å². The molecule has 36 heavy (non-hydrogen) atoms. The van der Waals surface area contributed by atoms with Crippen LogP contribution < -0.4 is 5.32 Å². The number of carboxylic acid groups (broad SMARTS) is 1. The topological polar surface area (TPSA) is 110 Å². The Hall–Kier alpha value is -3.66. The van der Waals surface area contributed by atoms with Crippen molar-refractivity contribution in [1.82, 2.24) is 10.2 Å². The van der Waals surface area contributed by atoms with Gasteiger partial charge in [-0.15, -0.1) is 0 Å². The summed E-state index contributed by atoms with van der Waals surface area (Å²) in [7, 11) is 0. The van der Waals surface area contributed by atoms with Crippen LogP contribution in [-0.2, 0) is 4.79 Å². The Kier molecular flexibility index (Phi) is 7.44. The summed E-state index contributed by atoms with van der Waals surface area (Å²) in [6, 6.07) is 15.6. The standard InChI is InChI=1S/C29H33N3O4/c1-29(2)18-32(15-14-24(29)20-12-10-19(17-30)11-13-20)27(34)23-8-3-4-9-25(23)31-26(33)21-6-5-7-22(16-21)28(35)36/h5-7,10-13,16,23-25H,3-4,8-9,14-15,18H2,1-2H3,(H,31,33)(H,35,36)/t23-,24?,25+/m0/s1. The van der Waals surface area contributed by atoms with Crippen molar-refractivity contribution < 1.29 is 19.5 Å². The van der Waals surface area contributed by atoms with E-state index in [1.165, 1.54) is 17.7 Å². The molecule has 2 aromatic rings. The Morgan fingerprint density at radius 3 is 2.39 bits per heavy atom. The van der Waals surface area contributed by atoms with Gasteiger partial charge in [-0.3, -0.25) is 9.59 Å². The summed E-state index contributed by atoms with van der Waals surface area (Å²) in [4.78, 5) is 39.9. The maximum absolute atomic E-state index is 13.7. The van der Waals surface area contributed by atoms with Crippen LogP contribution in [0.3, 0.4) is 0 Å². The lowest BCUT2D eigenvalue weighted by atomic mass is 9.70. The molecule has 1 saturated heterocycles. The second kappa shape index (κ2) is 10.5. The van der Waals surface area contributed by atoms with Gasteiger partial charge in [-0.05, 0) is 66.5 Å². The molecule has 2 aromatic carbocycles. The zero-order valence-corrected chi connectivity index (χ0v) is 20.9. The van der Waals surface area contributed by atoms with Crippen molar-refractivity contribution in [1.29, 1.82) is 5.26 Å². The lowest BCUT2D eigenvalue weighted by Gasteiger charge is -2.46. The lowest BCUT2D eigenvalue weighted by molar-refractivity contribution is -0.141. The number of hydrogen-bond acceptors (Lipinski definition) is 4. The number of hydrogen-bond donors (Lipinski definition) is 2. The number of carbonyl (C=O) groups excluding carboxylic acids is 2. The summed E-state index contributed by atoms with van der Waals surface area (Å²) >= 11 is 0. The molecule has 3 atom stereocenters. The maximum atomic E-state index is 13.7. The monoisotopic (exact) mass is 487 g/mol. The van der Waals surface area contributed by atoms with E-state index in [1.54, 1.807) is 12.1 Å². The van der Waals surface area contributed by atoms with E-state index in [4.69, 9.17) is 5.26 Å². The van der Waals surface area contributed by atoms with Gasteiger partial charge in [0.15, 0.2) is 0 Å². The molecule has 7 heteroatoms. The number of carboxylic acids is 1. The Labute approximate surface area is 212 Å². The molecular weight excluding hydrogens is 454 g/mol. The minimum Gasteiger partial charge on any atom is -0.478 e. The first kappa shape index (κ1) is 25.4. The third kappa shape index (κ3) is 5.43. The summed E-state index contributed by atoms with van der Waals surface area (Å²) in [5, 5.41) is 21.4. The third-order valence-electron chi connectivity index (χ3n) is 7.75. The number of likely N-dealkylation sites (tertiary alicyclic amines) is 1. The number of nitrogens with zero attached hydrogens (tertiary/aromatic N) is 2. The highest BCUT2D eigenvalue weighted by atomic mass is 16.4. The van der Waals surface area contributed by atoms with E-state index in [2.05, 4.69) is 25.2 Å². The van der Waals surface area contributed by atoms with Gasteiger partial charge in [0.05, 0.1) is 23.1 Å². The molecule has 2 fully saturated rings. The van der Waals surface area contributed by atoms with Crippen LogP contribution >= 0.6 is 0 Å². The molecule has 1 aliphatic heterocycles. The van der Waals surface area contributed by atoms with Crippen LogP contribution in [0.4, 0.5) is 0 Å². The number of carbonyl (C=O) groups is 3. The fraction of sp³-hybridized carbons (Fsp3) is 0.448. The number of nitriles is 1. The van der Waals surface area contributed by atoms with Gasteiger partial charge < -0.3 is 15.3 Å². The van der Waals surface area contributed by atoms with E-state index in [9.17, 15) is 19.5 Å². The van der Waals surface area contributed by atoms with E-state index >= 15 is 0 Å². The number of rotatable bonds is 5. The van der Waals surface area contributed by atoms with Gasteiger partial charge in [-0.2, -0.15) is 5.26 Å². The Morgan fingerprint density at radius 1 is 1.03 bits per heavy atom. The van der Waals surface area contributed by atoms with Crippen molar-refractivity contribution in [3.8, 4) is 6.07 Å². The molecule has 4 rings (SSSR count). The average Bonchev–Trinajstić information content (AvgIpc) is 2.88. The quantitative estimate of drug-likeness (QED) is 0.641. The highest BCUT2D eigenvalue weighted by Crippen LogP contribution is 2.43. The number of benzene rings is 2. The van der Waals surface area contributed by atoms with Crippen LogP contribution in [-0.4, -0.2) is 46.9 Å². The molecule has 0 radical (unpaired) electrons. The number of aromatic carboxylic acids is 1. The molecule has 1 unspecified atom stereocenters. The molecule has 7 nitrogen and oxygen atoms in total. The second-order valence-corrected chi connectivity index (χ2v) is 10.7. The van der Waals surface area contributed by atoms with Crippen LogP contribution in [0.2, 0.25) is 0 Å². The summed E-state index contributed by atoms with van der Waals surface area (Å²) in [5.74, 6) is -1.33. The SMILES string of the molecule is CC1(C)CN(C(=O)[C@H]2CCCC[C@H]2NC(=O)c2cccc(C(=O)O)c2)CCC1c1ccc(C#N)cc1. The smallest absolute Gasteiger partial charge is 0.335 e. The molecule has 2 amide bonds. The normalized spacial score (nSPS) is 23.4. The van der Waals surface area contributed by atoms with E-state index in [1.807, 2.05) is 29.2 Å². The van der Waals surface area contributed by atoms with Gasteiger partial charge in [0, 0.05) is 24.7 Å². The Balaban J connectivity index is 1.45. The summed E-state index contributed by atoms with van der Waals surface area (Å²) in [6.45, 7) is 5.66. The molecule has 1 saturated carbocycles. The van der Waals surface area contributed by atoms with Crippen molar-refractivity contribution >= 4 is 17.8 Å². The van der Waals surface area contributed by atoms with Crippen molar-refractivity contribution in [2.75, 3.05) is 13.1 Å². The van der Waals surface area contributed by atoms with Gasteiger partial charge in [0.25, 0.3) is 5.91 Å². The van der Waals surface area contributed by atoms with Crippen molar-refractivity contribution in [3.63, 3.8) is 0 Å². The van der Waals surface area contributed by atoms with Crippen molar-refractivity contribution in [2.24, 2.45) is 11.3 Å². The minimum absolute atomic E-state index is 0.0614. The van der Waals surface area contributed by atoms with Crippen LogP contribution in [0.5, 0.6) is 0 Å². The predicted molar refractivity (Wildman–Crippen MR) is 135 cm³/mol. The average molecular weight is 488 g/mol. The number of nitrogens with one attached hydrogen (secondary N) is 1. The molecule has 0 bridgehead atoms. The zero-order chi connectivity index (χ0) is 25.9. The first-order valence-electron chi connectivity index (χ1n) is 12.6. The van der Waals surface area contributed by atoms with Gasteiger partial charge in [-0.25, -0.2) is 4.79 Å². The van der Waals surface area contributed by atoms with E-state index in [-0.39, 0.29) is 46.2 Å². The first-order valence-corrected chi connectivity index (χ1v) is 12.6. The second-order valence-electron chi connectivity index (χ2n) is 10.7. The van der Waals surface area contributed by atoms with E-state index in [0.29, 0.717) is 18.7 Å². The van der Waals surface area contributed by atoms with Crippen LogP contribution in [0.1, 0.15) is 83.7 Å². The Morgan fingerprint density at radius 2 is 1.72 bits per heavy atom.